The average molecular weight is 316 g/mol. The van der Waals surface area contributed by atoms with E-state index < -0.39 is 0 Å². The second kappa shape index (κ2) is 8.19. The lowest BCUT2D eigenvalue weighted by Crippen LogP contribution is -2.53. The van der Waals surface area contributed by atoms with Crippen molar-refractivity contribution in [3.63, 3.8) is 0 Å². The number of thioether (sulfide) groups is 1. The zero-order valence-corrected chi connectivity index (χ0v) is 15.0. The van der Waals surface area contributed by atoms with Crippen LogP contribution < -0.4 is 5.32 Å². The first-order valence-electron chi connectivity index (χ1n) is 8.68. The van der Waals surface area contributed by atoms with Crippen LogP contribution in [0.1, 0.15) is 47.0 Å². The van der Waals surface area contributed by atoms with Gasteiger partial charge in [-0.1, -0.05) is 20.8 Å². The van der Waals surface area contributed by atoms with Crippen molar-refractivity contribution in [1.82, 2.24) is 5.32 Å². The molecule has 1 spiro atoms. The van der Waals surface area contributed by atoms with Gasteiger partial charge in [0.25, 0.3) is 0 Å². The van der Waals surface area contributed by atoms with E-state index in [2.05, 4.69) is 44.8 Å². The van der Waals surface area contributed by atoms with E-state index in [-0.39, 0.29) is 5.60 Å². The van der Waals surface area contributed by atoms with E-state index in [1.165, 1.54) is 30.8 Å². The summed E-state index contributed by atoms with van der Waals surface area (Å²) in [6.07, 6.45) is 3.91. The summed E-state index contributed by atoms with van der Waals surface area (Å²) in [5.41, 5.74) is 0.162. The van der Waals surface area contributed by atoms with E-state index in [1.54, 1.807) is 0 Å². The van der Waals surface area contributed by atoms with Gasteiger partial charge in [0, 0.05) is 25.0 Å². The van der Waals surface area contributed by atoms with Crippen LogP contribution in [-0.2, 0) is 9.47 Å². The molecule has 4 atom stereocenters. The Balaban J connectivity index is 2.08. The van der Waals surface area contributed by atoms with Crippen LogP contribution in [-0.4, -0.2) is 49.0 Å². The predicted molar refractivity (Wildman–Crippen MR) is 91.1 cm³/mol. The van der Waals surface area contributed by atoms with Gasteiger partial charge in [0.1, 0.15) is 0 Å². The van der Waals surface area contributed by atoms with Crippen LogP contribution in [0.2, 0.25) is 0 Å². The molecule has 21 heavy (non-hydrogen) atoms. The quantitative estimate of drug-likeness (QED) is 0.780. The first kappa shape index (κ1) is 17.6. The lowest BCUT2D eigenvalue weighted by Gasteiger charge is -2.44. The molecule has 2 heterocycles. The third kappa shape index (κ3) is 4.37. The van der Waals surface area contributed by atoms with Gasteiger partial charge in [0.2, 0.25) is 0 Å². The van der Waals surface area contributed by atoms with Crippen LogP contribution in [0.3, 0.4) is 0 Å². The smallest absolute Gasteiger partial charge is 0.0783 e. The molecule has 3 nitrogen and oxygen atoms in total. The Morgan fingerprint density at radius 3 is 2.76 bits per heavy atom. The Hall–Kier alpha value is 0.230. The highest BCUT2D eigenvalue weighted by molar-refractivity contribution is 7.99. The molecule has 0 amide bonds. The van der Waals surface area contributed by atoms with Gasteiger partial charge in [-0.15, -0.1) is 0 Å². The SMILES string of the molecule is CCNC(C1CCOC2(CCSC2)C1)C(OCC)C(C)C. The van der Waals surface area contributed by atoms with Gasteiger partial charge in [0.05, 0.1) is 11.7 Å². The van der Waals surface area contributed by atoms with Crippen LogP contribution in [0.15, 0.2) is 0 Å². The maximum absolute atomic E-state index is 6.20. The average Bonchev–Trinajstić information content (AvgIpc) is 2.90. The van der Waals surface area contributed by atoms with Gasteiger partial charge in [-0.05, 0) is 50.3 Å². The molecular weight excluding hydrogens is 282 g/mol. The van der Waals surface area contributed by atoms with Crippen LogP contribution in [0, 0.1) is 11.8 Å². The van der Waals surface area contributed by atoms with Crippen molar-refractivity contribution in [1.29, 1.82) is 0 Å². The van der Waals surface area contributed by atoms with Gasteiger partial charge in [-0.3, -0.25) is 0 Å². The van der Waals surface area contributed by atoms with Crippen LogP contribution in [0.5, 0.6) is 0 Å². The highest BCUT2D eigenvalue weighted by atomic mass is 32.2. The molecule has 0 aromatic heterocycles. The minimum absolute atomic E-state index is 0.162. The van der Waals surface area contributed by atoms with E-state index in [9.17, 15) is 0 Å². The van der Waals surface area contributed by atoms with E-state index >= 15 is 0 Å². The van der Waals surface area contributed by atoms with Crippen molar-refractivity contribution >= 4 is 11.8 Å². The van der Waals surface area contributed by atoms with E-state index in [0.717, 1.165) is 19.8 Å². The molecule has 0 saturated carbocycles. The van der Waals surface area contributed by atoms with Crippen molar-refractivity contribution in [2.45, 2.75) is 64.7 Å². The summed E-state index contributed by atoms with van der Waals surface area (Å²) < 4.78 is 12.3. The Morgan fingerprint density at radius 2 is 2.19 bits per heavy atom. The molecule has 4 unspecified atom stereocenters. The Kier molecular flexibility index (Phi) is 6.85. The molecule has 0 radical (unpaired) electrons. The molecule has 124 valence electrons. The maximum Gasteiger partial charge on any atom is 0.0783 e. The van der Waals surface area contributed by atoms with Crippen molar-refractivity contribution in [2.75, 3.05) is 31.3 Å². The highest BCUT2D eigenvalue weighted by Crippen LogP contribution is 2.42. The summed E-state index contributed by atoms with van der Waals surface area (Å²) in [4.78, 5) is 0. The summed E-state index contributed by atoms with van der Waals surface area (Å²) >= 11 is 2.05. The normalized spacial score (nSPS) is 32.7. The van der Waals surface area contributed by atoms with Crippen molar-refractivity contribution in [3.8, 4) is 0 Å². The fourth-order valence-corrected chi connectivity index (χ4v) is 5.30. The molecule has 1 N–H and O–H groups in total. The first-order chi connectivity index (χ1) is 10.1. The number of likely N-dealkylation sites (N-methyl/N-ethyl adjacent to an activating group) is 1. The largest absolute Gasteiger partial charge is 0.377 e. The van der Waals surface area contributed by atoms with Crippen molar-refractivity contribution < 1.29 is 9.47 Å². The molecule has 0 aliphatic carbocycles. The third-order valence-electron chi connectivity index (χ3n) is 4.92. The summed E-state index contributed by atoms with van der Waals surface area (Å²) in [5, 5.41) is 3.74. The topological polar surface area (TPSA) is 30.5 Å². The van der Waals surface area contributed by atoms with E-state index in [0.29, 0.717) is 24.0 Å². The first-order valence-corrected chi connectivity index (χ1v) is 9.84. The van der Waals surface area contributed by atoms with Crippen molar-refractivity contribution in [3.05, 3.63) is 0 Å². The number of nitrogens with one attached hydrogen (secondary N) is 1. The van der Waals surface area contributed by atoms with Crippen LogP contribution in [0.4, 0.5) is 0 Å². The number of ether oxygens (including phenoxy) is 2. The molecular formula is C17H33NO2S. The molecule has 4 heteroatoms. The Morgan fingerprint density at radius 1 is 1.38 bits per heavy atom. The van der Waals surface area contributed by atoms with Gasteiger partial charge in [-0.2, -0.15) is 11.8 Å². The summed E-state index contributed by atoms with van der Waals surface area (Å²) in [7, 11) is 0. The maximum atomic E-state index is 6.20. The monoisotopic (exact) mass is 315 g/mol. The number of hydrogen-bond donors (Lipinski definition) is 1. The molecule has 2 saturated heterocycles. The molecule has 2 rings (SSSR count). The molecule has 0 bridgehead atoms. The number of hydrogen-bond acceptors (Lipinski definition) is 4. The van der Waals surface area contributed by atoms with Crippen LogP contribution in [0.25, 0.3) is 0 Å². The lowest BCUT2D eigenvalue weighted by atomic mass is 9.77. The van der Waals surface area contributed by atoms with Gasteiger partial charge >= 0.3 is 0 Å². The fraction of sp³-hybridized carbons (Fsp3) is 1.00. The highest BCUT2D eigenvalue weighted by Gasteiger charge is 2.44. The predicted octanol–water partition coefficient (Wildman–Crippen LogP) is 3.33. The Bertz CT molecular complexity index is 305. The zero-order chi connectivity index (χ0) is 15.3. The third-order valence-corrected chi connectivity index (χ3v) is 6.14. The molecule has 0 aromatic rings. The molecule has 2 aliphatic rings. The second-order valence-electron chi connectivity index (χ2n) is 6.83. The second-order valence-corrected chi connectivity index (χ2v) is 7.94. The lowest BCUT2D eigenvalue weighted by molar-refractivity contribution is -0.102. The number of rotatable bonds is 7. The van der Waals surface area contributed by atoms with E-state index in [1.807, 2.05) is 0 Å². The summed E-state index contributed by atoms with van der Waals surface area (Å²) in [6.45, 7) is 11.6. The minimum atomic E-state index is 0.162. The van der Waals surface area contributed by atoms with Gasteiger partial charge in [-0.25, -0.2) is 0 Å². The summed E-state index contributed by atoms with van der Waals surface area (Å²) in [6, 6.07) is 0.460. The summed E-state index contributed by atoms with van der Waals surface area (Å²) in [5.74, 6) is 3.67. The van der Waals surface area contributed by atoms with Gasteiger partial charge < -0.3 is 14.8 Å². The minimum Gasteiger partial charge on any atom is -0.377 e. The van der Waals surface area contributed by atoms with Crippen LogP contribution >= 0.6 is 11.8 Å². The molecule has 2 fully saturated rings. The molecule has 2 aliphatic heterocycles. The van der Waals surface area contributed by atoms with E-state index in [4.69, 9.17) is 9.47 Å². The van der Waals surface area contributed by atoms with Crippen molar-refractivity contribution in [2.24, 2.45) is 11.8 Å². The van der Waals surface area contributed by atoms with Gasteiger partial charge in [0.15, 0.2) is 0 Å². The standard InChI is InChI=1S/C17H33NO2S/c1-5-18-15(16(13(3)4)19-6-2)14-7-9-20-17(11-14)8-10-21-12-17/h13-16,18H,5-12H2,1-4H3. The molecule has 0 aromatic carbocycles. The Labute approximate surface area is 134 Å². The zero-order valence-electron chi connectivity index (χ0n) is 14.2. The fourth-order valence-electron chi connectivity index (χ4n) is 3.93.